The SMILES string of the molecule is c1ccc(-c2ccccc2-c2ccccc2-c2ccc(N(c3ccc(-c4ccc5oc6c(-c7ccccc7)cccc6c5c4)cc3)c3ccc(-c4cccc5c4oc4ccccc45)cc3)cc2)cc1. The van der Waals surface area contributed by atoms with Crippen LogP contribution in [0.3, 0.4) is 0 Å². The Morgan fingerprint density at radius 2 is 0.580 bits per heavy atom. The van der Waals surface area contributed by atoms with Crippen LogP contribution in [-0.2, 0) is 0 Å². The van der Waals surface area contributed by atoms with Crippen molar-refractivity contribution in [2.45, 2.75) is 0 Å². The molecule has 0 saturated heterocycles. The summed E-state index contributed by atoms with van der Waals surface area (Å²) in [5, 5.41) is 4.47. The van der Waals surface area contributed by atoms with Gasteiger partial charge in [-0.3, -0.25) is 0 Å². The van der Waals surface area contributed by atoms with E-state index in [1.165, 1.54) is 27.8 Å². The van der Waals surface area contributed by atoms with Gasteiger partial charge >= 0.3 is 0 Å². The molecule has 2 heterocycles. The van der Waals surface area contributed by atoms with Gasteiger partial charge in [0.1, 0.15) is 22.3 Å². The Balaban J connectivity index is 0.884. The van der Waals surface area contributed by atoms with Crippen LogP contribution in [-0.4, -0.2) is 0 Å². The predicted octanol–water partition coefficient (Wildman–Crippen LogP) is 19.0. The van der Waals surface area contributed by atoms with E-state index < -0.39 is 0 Å². The molecule has 0 bridgehead atoms. The van der Waals surface area contributed by atoms with Gasteiger partial charge in [0, 0.05) is 49.7 Å². The van der Waals surface area contributed by atoms with Crippen LogP contribution in [0.4, 0.5) is 17.1 Å². The summed E-state index contributed by atoms with van der Waals surface area (Å²) in [4.78, 5) is 2.34. The highest BCUT2D eigenvalue weighted by Gasteiger charge is 2.19. The summed E-state index contributed by atoms with van der Waals surface area (Å²) in [6.45, 7) is 0. The summed E-state index contributed by atoms with van der Waals surface area (Å²) < 4.78 is 13.0. The minimum Gasteiger partial charge on any atom is -0.455 e. The topological polar surface area (TPSA) is 29.5 Å². The third-order valence-corrected chi connectivity index (χ3v) is 13.5. The van der Waals surface area contributed by atoms with Crippen LogP contribution < -0.4 is 4.90 Å². The first-order valence-electron chi connectivity index (χ1n) is 23.5. The minimum absolute atomic E-state index is 0.881. The summed E-state index contributed by atoms with van der Waals surface area (Å²) in [5.74, 6) is 0. The number of para-hydroxylation sites is 3. The molecule has 0 atom stereocenters. The lowest BCUT2D eigenvalue weighted by Crippen LogP contribution is -2.09. The average Bonchev–Trinajstić information content (AvgIpc) is 4.01. The van der Waals surface area contributed by atoms with E-state index in [1.54, 1.807) is 0 Å². The lowest BCUT2D eigenvalue weighted by Gasteiger charge is -2.26. The molecule has 0 N–H and O–H groups in total. The fraction of sp³-hybridized carbons (Fsp3) is 0. The Bertz CT molecular complexity index is 3980. The van der Waals surface area contributed by atoms with Crippen molar-refractivity contribution in [2.24, 2.45) is 0 Å². The Labute approximate surface area is 400 Å². The molecule has 0 radical (unpaired) electrons. The number of rotatable bonds is 9. The molecule has 2 aromatic heterocycles. The average molecular weight is 882 g/mol. The molecule has 324 valence electrons. The number of nitrogens with zero attached hydrogens (tertiary/aromatic N) is 1. The molecule has 13 rings (SSSR count). The normalized spacial score (nSPS) is 11.5. The zero-order chi connectivity index (χ0) is 45.7. The van der Waals surface area contributed by atoms with Gasteiger partial charge in [0.05, 0.1) is 0 Å². The fourth-order valence-corrected chi connectivity index (χ4v) is 10.2. The van der Waals surface area contributed by atoms with Crippen LogP contribution in [0.25, 0.3) is 111 Å². The maximum atomic E-state index is 6.53. The second-order valence-corrected chi connectivity index (χ2v) is 17.6. The van der Waals surface area contributed by atoms with Gasteiger partial charge in [-0.15, -0.1) is 0 Å². The third kappa shape index (κ3) is 7.16. The summed E-state index contributed by atoms with van der Waals surface area (Å²) in [5.41, 5.74) is 20.6. The van der Waals surface area contributed by atoms with Gasteiger partial charge in [-0.05, 0) is 110 Å². The van der Waals surface area contributed by atoms with E-state index in [0.717, 1.165) is 99.9 Å². The maximum absolute atomic E-state index is 6.53. The fourth-order valence-electron chi connectivity index (χ4n) is 10.2. The van der Waals surface area contributed by atoms with E-state index >= 15 is 0 Å². The second-order valence-electron chi connectivity index (χ2n) is 17.6. The van der Waals surface area contributed by atoms with Crippen molar-refractivity contribution >= 4 is 60.9 Å². The highest BCUT2D eigenvalue weighted by atomic mass is 16.3. The van der Waals surface area contributed by atoms with Gasteiger partial charge in [0.2, 0.25) is 0 Å². The summed E-state index contributed by atoms with van der Waals surface area (Å²) in [7, 11) is 0. The van der Waals surface area contributed by atoms with Gasteiger partial charge in [-0.1, -0.05) is 206 Å². The molecule has 0 aliphatic carbocycles. The van der Waals surface area contributed by atoms with Gasteiger partial charge in [0.15, 0.2) is 0 Å². The van der Waals surface area contributed by atoms with E-state index in [1.807, 2.05) is 18.2 Å². The van der Waals surface area contributed by atoms with E-state index in [4.69, 9.17) is 8.83 Å². The quantitative estimate of drug-likeness (QED) is 0.145. The van der Waals surface area contributed by atoms with Crippen LogP contribution in [0.2, 0.25) is 0 Å². The minimum atomic E-state index is 0.881. The number of benzene rings is 11. The van der Waals surface area contributed by atoms with Gasteiger partial charge in [-0.25, -0.2) is 0 Å². The molecule has 11 aromatic carbocycles. The zero-order valence-electron chi connectivity index (χ0n) is 37.6. The van der Waals surface area contributed by atoms with E-state index in [-0.39, 0.29) is 0 Å². The van der Waals surface area contributed by atoms with E-state index in [0.29, 0.717) is 0 Å². The molecular weight excluding hydrogens is 839 g/mol. The number of fused-ring (bicyclic) bond motifs is 6. The molecule has 0 unspecified atom stereocenters. The summed E-state index contributed by atoms with van der Waals surface area (Å²) in [6.07, 6.45) is 0. The lowest BCUT2D eigenvalue weighted by atomic mass is 9.89. The highest BCUT2D eigenvalue weighted by molar-refractivity contribution is 6.11. The first kappa shape index (κ1) is 40.1. The van der Waals surface area contributed by atoms with Crippen LogP contribution >= 0.6 is 0 Å². The molecule has 0 spiro atoms. The van der Waals surface area contributed by atoms with Crippen LogP contribution in [0.5, 0.6) is 0 Å². The molecule has 0 fully saturated rings. The number of hydrogen-bond acceptors (Lipinski definition) is 3. The van der Waals surface area contributed by atoms with Crippen molar-refractivity contribution in [1.29, 1.82) is 0 Å². The first-order chi connectivity index (χ1) is 34.2. The van der Waals surface area contributed by atoms with E-state index in [2.05, 4.69) is 248 Å². The van der Waals surface area contributed by atoms with Crippen LogP contribution in [0, 0.1) is 0 Å². The molecule has 0 aliphatic rings. The summed E-state index contributed by atoms with van der Waals surface area (Å²) in [6, 6.07) is 92.9. The number of furan rings is 2. The molecule has 0 aliphatic heterocycles. The van der Waals surface area contributed by atoms with Crippen molar-refractivity contribution in [2.75, 3.05) is 4.90 Å². The smallest absolute Gasteiger partial charge is 0.143 e. The highest BCUT2D eigenvalue weighted by Crippen LogP contribution is 2.43. The van der Waals surface area contributed by atoms with E-state index in [9.17, 15) is 0 Å². The molecule has 3 heteroatoms. The Kier molecular flexibility index (Phi) is 9.84. The van der Waals surface area contributed by atoms with Crippen LogP contribution in [0.1, 0.15) is 0 Å². The Morgan fingerprint density at radius 1 is 0.217 bits per heavy atom. The largest absolute Gasteiger partial charge is 0.455 e. The van der Waals surface area contributed by atoms with Gasteiger partial charge < -0.3 is 13.7 Å². The predicted molar refractivity (Wildman–Crippen MR) is 288 cm³/mol. The second kappa shape index (κ2) is 16.9. The maximum Gasteiger partial charge on any atom is 0.143 e. The first-order valence-corrected chi connectivity index (χ1v) is 23.5. The molecule has 69 heavy (non-hydrogen) atoms. The standard InChI is InChI=1S/C66H43NO2/c1-3-15-45(16-4-1)53-19-7-9-21-57(53)58-22-10-8-20-54(58)47-31-38-51(39-32-47)67(52-40-33-48(34-41-52)56-25-13-26-60-59-23-11-12-28-63(59)68-65(56)60)50-36-29-44(30-37-50)49-35-42-64-62(43-49)61-27-14-24-55(66(61)69-64)46-17-5-2-6-18-46/h1-43H. The zero-order valence-corrected chi connectivity index (χ0v) is 37.6. The molecule has 13 aromatic rings. The monoisotopic (exact) mass is 881 g/mol. The van der Waals surface area contributed by atoms with Crippen molar-refractivity contribution in [1.82, 2.24) is 0 Å². The third-order valence-electron chi connectivity index (χ3n) is 13.5. The molecular formula is C66H43NO2. The van der Waals surface area contributed by atoms with Crippen molar-refractivity contribution in [3.8, 4) is 66.8 Å². The molecule has 0 amide bonds. The van der Waals surface area contributed by atoms with Crippen molar-refractivity contribution in [3.63, 3.8) is 0 Å². The van der Waals surface area contributed by atoms with Gasteiger partial charge in [0.25, 0.3) is 0 Å². The molecule has 3 nitrogen and oxygen atoms in total. The van der Waals surface area contributed by atoms with Crippen molar-refractivity contribution < 1.29 is 8.83 Å². The Morgan fingerprint density at radius 3 is 1.13 bits per heavy atom. The number of anilines is 3. The summed E-state index contributed by atoms with van der Waals surface area (Å²) >= 11 is 0. The van der Waals surface area contributed by atoms with Gasteiger partial charge in [-0.2, -0.15) is 0 Å². The Hall–Kier alpha value is -9.18. The lowest BCUT2D eigenvalue weighted by molar-refractivity contribution is 0.669. The van der Waals surface area contributed by atoms with Crippen LogP contribution in [0.15, 0.2) is 270 Å². The number of hydrogen-bond donors (Lipinski definition) is 0. The van der Waals surface area contributed by atoms with Crippen molar-refractivity contribution in [3.05, 3.63) is 261 Å². The molecule has 0 saturated carbocycles.